The molecule has 0 aromatic carbocycles. The molecule has 1 amide bonds. The fraction of sp³-hybridized carbons (Fsp3) is 0.444. The second-order valence-electron chi connectivity index (χ2n) is 6.87. The maximum atomic E-state index is 11.9. The molecule has 0 atom stereocenters. The maximum Gasteiger partial charge on any atom is 0.306 e. The number of carbonyl (C=O) groups excluding carboxylic acids is 3. The third kappa shape index (κ3) is 5.80. The highest BCUT2D eigenvalue weighted by atomic mass is 32.1. The van der Waals surface area contributed by atoms with Gasteiger partial charge in [0.2, 0.25) is 5.88 Å². The van der Waals surface area contributed by atoms with Gasteiger partial charge in [0.15, 0.2) is 12.4 Å². The number of aryl methyl sites for hydroxylation is 1. The summed E-state index contributed by atoms with van der Waals surface area (Å²) in [6, 6.07) is 5.22. The lowest BCUT2D eigenvalue weighted by Crippen LogP contribution is -2.21. The fourth-order valence-electron chi connectivity index (χ4n) is 2.00. The van der Waals surface area contributed by atoms with Crippen LogP contribution < -0.4 is 5.32 Å². The predicted molar refractivity (Wildman–Crippen MR) is 97.4 cm³/mol. The Kier molecular flexibility index (Phi) is 6.31. The first-order valence-corrected chi connectivity index (χ1v) is 8.99. The molecule has 7 nitrogen and oxygen atoms in total. The molecule has 0 saturated carbocycles. The Morgan fingerprint density at radius 1 is 1.23 bits per heavy atom. The summed E-state index contributed by atoms with van der Waals surface area (Å²) in [4.78, 5) is 37.1. The Hall–Kier alpha value is -2.48. The Balaban J connectivity index is 1.72. The highest BCUT2D eigenvalue weighted by molar-refractivity contribution is 7.14. The number of ketones is 1. The average Bonchev–Trinajstić information content (AvgIpc) is 3.19. The van der Waals surface area contributed by atoms with E-state index < -0.39 is 18.5 Å². The number of nitrogens with one attached hydrogen (secondary N) is 1. The van der Waals surface area contributed by atoms with Gasteiger partial charge in [-0.15, -0.1) is 11.3 Å². The molecule has 2 aromatic heterocycles. The molecule has 2 aromatic rings. The summed E-state index contributed by atoms with van der Waals surface area (Å²) < 4.78 is 9.91. The molecule has 8 heteroatoms. The van der Waals surface area contributed by atoms with Gasteiger partial charge in [0.05, 0.1) is 17.0 Å². The van der Waals surface area contributed by atoms with Crippen LogP contribution in [0.3, 0.4) is 0 Å². The SMILES string of the molecule is Cc1ccc(C(=O)CCC(=O)OCC(=O)Nc2cc(C(C)(C)C)no2)s1. The van der Waals surface area contributed by atoms with Crippen molar-refractivity contribution in [2.45, 2.75) is 46.0 Å². The Bertz CT molecular complexity index is 801. The van der Waals surface area contributed by atoms with Crippen molar-refractivity contribution in [3.05, 3.63) is 33.6 Å². The van der Waals surface area contributed by atoms with Gasteiger partial charge < -0.3 is 9.26 Å². The zero-order valence-electron chi connectivity index (χ0n) is 15.3. The van der Waals surface area contributed by atoms with E-state index in [9.17, 15) is 14.4 Å². The number of hydrogen-bond acceptors (Lipinski definition) is 7. The lowest BCUT2D eigenvalue weighted by atomic mass is 9.92. The molecule has 0 bridgehead atoms. The van der Waals surface area contributed by atoms with Crippen LogP contribution in [0, 0.1) is 6.92 Å². The molecule has 26 heavy (non-hydrogen) atoms. The molecule has 0 radical (unpaired) electrons. The minimum atomic E-state index is -0.602. The van der Waals surface area contributed by atoms with Gasteiger partial charge in [0, 0.05) is 22.8 Å². The zero-order chi connectivity index (χ0) is 19.3. The van der Waals surface area contributed by atoms with Crippen molar-refractivity contribution in [3.8, 4) is 0 Å². The van der Waals surface area contributed by atoms with E-state index in [2.05, 4.69) is 10.5 Å². The maximum absolute atomic E-state index is 11.9. The minimum absolute atomic E-state index is 0.0530. The fourth-order valence-corrected chi connectivity index (χ4v) is 2.84. The van der Waals surface area contributed by atoms with Crippen molar-refractivity contribution in [1.82, 2.24) is 5.16 Å². The molecule has 0 spiro atoms. The lowest BCUT2D eigenvalue weighted by molar-refractivity contribution is -0.147. The molecule has 0 aliphatic heterocycles. The van der Waals surface area contributed by atoms with Gasteiger partial charge in [-0.2, -0.15) is 0 Å². The van der Waals surface area contributed by atoms with Crippen LogP contribution >= 0.6 is 11.3 Å². The number of carbonyl (C=O) groups is 3. The highest BCUT2D eigenvalue weighted by Gasteiger charge is 2.20. The summed E-state index contributed by atoms with van der Waals surface area (Å²) in [6.45, 7) is 7.37. The van der Waals surface area contributed by atoms with Crippen molar-refractivity contribution in [1.29, 1.82) is 0 Å². The predicted octanol–water partition coefficient (Wildman–Crippen LogP) is 3.49. The standard InChI is InChI=1S/C18H22N2O5S/c1-11-5-7-13(26-11)12(21)6-8-17(23)24-10-15(22)19-16-9-14(20-25-16)18(2,3)4/h5,7,9H,6,8,10H2,1-4H3,(H,19,22). The van der Waals surface area contributed by atoms with Crippen LogP contribution in [-0.4, -0.2) is 29.4 Å². The molecule has 0 unspecified atom stereocenters. The molecule has 0 aliphatic rings. The first-order chi connectivity index (χ1) is 12.1. The first kappa shape index (κ1) is 19.8. The highest BCUT2D eigenvalue weighted by Crippen LogP contribution is 2.23. The topological polar surface area (TPSA) is 98.5 Å². The van der Waals surface area contributed by atoms with Gasteiger partial charge in [0.1, 0.15) is 0 Å². The molecular formula is C18H22N2O5S. The number of nitrogens with zero attached hydrogens (tertiary/aromatic N) is 1. The zero-order valence-corrected chi connectivity index (χ0v) is 16.1. The monoisotopic (exact) mass is 378 g/mol. The summed E-state index contributed by atoms with van der Waals surface area (Å²) in [5.41, 5.74) is 0.499. The van der Waals surface area contributed by atoms with E-state index in [4.69, 9.17) is 9.26 Å². The normalized spacial score (nSPS) is 11.2. The van der Waals surface area contributed by atoms with Crippen molar-refractivity contribution in [2.75, 3.05) is 11.9 Å². The summed E-state index contributed by atoms with van der Waals surface area (Å²) in [5, 5.41) is 6.35. The van der Waals surface area contributed by atoms with E-state index in [0.29, 0.717) is 10.6 Å². The number of Topliss-reactive ketones (excluding diaryl/α,β-unsaturated/α-hetero) is 1. The second-order valence-corrected chi connectivity index (χ2v) is 8.16. The third-order valence-corrected chi connectivity index (χ3v) is 4.52. The number of thiophene rings is 1. The summed E-state index contributed by atoms with van der Waals surface area (Å²) in [5.74, 6) is -1.05. The van der Waals surface area contributed by atoms with Crippen LogP contribution in [0.5, 0.6) is 0 Å². The third-order valence-electron chi connectivity index (χ3n) is 3.48. The number of aromatic nitrogens is 1. The van der Waals surface area contributed by atoms with Gasteiger partial charge in [-0.25, -0.2) is 0 Å². The van der Waals surface area contributed by atoms with Gasteiger partial charge in [-0.3, -0.25) is 19.7 Å². The number of anilines is 1. The Morgan fingerprint density at radius 2 is 1.96 bits per heavy atom. The molecule has 2 heterocycles. The average molecular weight is 378 g/mol. The molecule has 0 fully saturated rings. The molecular weight excluding hydrogens is 356 g/mol. The molecule has 0 aliphatic carbocycles. The van der Waals surface area contributed by atoms with Crippen molar-refractivity contribution in [2.24, 2.45) is 0 Å². The van der Waals surface area contributed by atoms with Crippen LogP contribution in [0.25, 0.3) is 0 Å². The van der Waals surface area contributed by atoms with Crippen LogP contribution in [0.1, 0.15) is 53.9 Å². The number of rotatable bonds is 7. The molecule has 0 saturated heterocycles. The van der Waals surface area contributed by atoms with Gasteiger partial charge in [-0.05, 0) is 19.1 Å². The van der Waals surface area contributed by atoms with Gasteiger partial charge >= 0.3 is 5.97 Å². The smallest absolute Gasteiger partial charge is 0.306 e. The van der Waals surface area contributed by atoms with Gasteiger partial charge in [0.25, 0.3) is 5.91 Å². The first-order valence-electron chi connectivity index (χ1n) is 8.17. The number of hydrogen-bond donors (Lipinski definition) is 1. The van der Waals surface area contributed by atoms with Crippen molar-refractivity contribution < 1.29 is 23.6 Å². The number of amides is 1. The van der Waals surface area contributed by atoms with Crippen molar-refractivity contribution >= 4 is 34.9 Å². The van der Waals surface area contributed by atoms with E-state index in [-0.39, 0.29) is 29.9 Å². The summed E-state index contributed by atoms with van der Waals surface area (Å²) in [6.07, 6.45) is -0.0169. The quantitative estimate of drug-likeness (QED) is 0.585. The minimum Gasteiger partial charge on any atom is -0.456 e. The second kappa shape index (κ2) is 8.27. The van der Waals surface area contributed by atoms with E-state index in [1.165, 1.54) is 11.3 Å². The summed E-state index contributed by atoms with van der Waals surface area (Å²) >= 11 is 1.39. The number of ether oxygens (including phenoxy) is 1. The van der Waals surface area contributed by atoms with Gasteiger partial charge in [-0.1, -0.05) is 25.9 Å². The molecule has 2 rings (SSSR count). The molecule has 1 N–H and O–H groups in total. The van der Waals surface area contributed by atoms with Crippen LogP contribution in [0.15, 0.2) is 22.7 Å². The number of esters is 1. The largest absolute Gasteiger partial charge is 0.456 e. The van der Waals surface area contributed by atoms with E-state index in [1.54, 1.807) is 12.1 Å². The van der Waals surface area contributed by atoms with E-state index in [0.717, 1.165) is 4.88 Å². The van der Waals surface area contributed by atoms with Crippen LogP contribution in [-0.2, 0) is 19.7 Å². The van der Waals surface area contributed by atoms with E-state index >= 15 is 0 Å². The lowest BCUT2D eigenvalue weighted by Gasteiger charge is -2.12. The van der Waals surface area contributed by atoms with Crippen LogP contribution in [0.4, 0.5) is 5.88 Å². The Morgan fingerprint density at radius 3 is 2.54 bits per heavy atom. The Labute approximate surface area is 155 Å². The van der Waals surface area contributed by atoms with Crippen molar-refractivity contribution in [3.63, 3.8) is 0 Å². The summed E-state index contributed by atoms with van der Waals surface area (Å²) in [7, 11) is 0. The van der Waals surface area contributed by atoms with Crippen LogP contribution in [0.2, 0.25) is 0 Å². The van der Waals surface area contributed by atoms with E-state index in [1.807, 2.05) is 33.8 Å². The molecule has 140 valence electrons.